The van der Waals surface area contributed by atoms with Gasteiger partial charge in [-0.05, 0) is 44.1 Å². The van der Waals surface area contributed by atoms with Crippen molar-refractivity contribution in [3.63, 3.8) is 0 Å². The minimum Gasteiger partial charge on any atom is -0.375 e. The van der Waals surface area contributed by atoms with Crippen LogP contribution in [0.15, 0.2) is 24.3 Å². The second-order valence-electron chi connectivity index (χ2n) is 3.90. The first-order valence-electron chi connectivity index (χ1n) is 5.72. The summed E-state index contributed by atoms with van der Waals surface area (Å²) in [7, 11) is 4.15. The van der Waals surface area contributed by atoms with E-state index in [1.54, 1.807) is 0 Å². The van der Waals surface area contributed by atoms with E-state index in [2.05, 4.69) is 48.5 Å². The first-order valence-corrected chi connectivity index (χ1v) is 5.72. The lowest BCUT2D eigenvalue weighted by Gasteiger charge is -2.19. The van der Waals surface area contributed by atoms with Crippen LogP contribution in [0.1, 0.15) is 18.9 Å². The molecule has 0 spiro atoms. The third kappa shape index (κ3) is 3.92. The van der Waals surface area contributed by atoms with Crippen LogP contribution in [0, 0.1) is 0 Å². The largest absolute Gasteiger partial charge is 0.375 e. The Labute approximate surface area is 93.3 Å². The van der Waals surface area contributed by atoms with Crippen LogP contribution >= 0.6 is 0 Å². The molecule has 0 heterocycles. The molecule has 0 unspecified atom stereocenters. The highest BCUT2D eigenvalue weighted by atomic mass is 15.1. The van der Waals surface area contributed by atoms with E-state index in [1.165, 1.54) is 17.7 Å². The summed E-state index contributed by atoms with van der Waals surface area (Å²) in [6.07, 6.45) is 2.30. The Balaban J connectivity index is 2.46. The second-order valence-corrected chi connectivity index (χ2v) is 3.90. The zero-order valence-electron chi connectivity index (χ0n) is 10.1. The van der Waals surface area contributed by atoms with Gasteiger partial charge in [0.25, 0.3) is 0 Å². The molecule has 0 bridgehead atoms. The molecule has 0 aliphatic carbocycles. The van der Waals surface area contributed by atoms with Crippen molar-refractivity contribution in [3.8, 4) is 0 Å². The topological polar surface area (TPSA) is 15.3 Å². The first kappa shape index (κ1) is 12.1. The van der Waals surface area contributed by atoms with Gasteiger partial charge in [0.05, 0.1) is 0 Å². The van der Waals surface area contributed by atoms with Gasteiger partial charge in [-0.3, -0.25) is 0 Å². The molecule has 0 aliphatic rings. The fourth-order valence-corrected chi connectivity index (χ4v) is 1.61. The minimum absolute atomic E-state index is 1.08. The molecule has 1 rings (SSSR count). The number of benzene rings is 1. The Morgan fingerprint density at radius 3 is 2.40 bits per heavy atom. The van der Waals surface area contributed by atoms with E-state index < -0.39 is 0 Å². The predicted molar refractivity (Wildman–Crippen MR) is 67.6 cm³/mol. The molecule has 0 aromatic heterocycles. The molecular formula is C13H22N2. The number of hydrogen-bond acceptors (Lipinski definition) is 2. The summed E-state index contributed by atoms with van der Waals surface area (Å²) in [6.45, 7) is 4.37. The van der Waals surface area contributed by atoms with Gasteiger partial charge in [-0.15, -0.1) is 0 Å². The highest BCUT2D eigenvalue weighted by Gasteiger charge is 1.99. The lowest BCUT2D eigenvalue weighted by molar-refractivity contribution is 0.713. The van der Waals surface area contributed by atoms with Gasteiger partial charge in [0.2, 0.25) is 0 Å². The average molecular weight is 206 g/mol. The van der Waals surface area contributed by atoms with Crippen LogP contribution in [-0.4, -0.2) is 27.2 Å². The average Bonchev–Trinajstić information content (AvgIpc) is 2.29. The van der Waals surface area contributed by atoms with Crippen LogP contribution in [0.2, 0.25) is 0 Å². The molecule has 0 fully saturated rings. The van der Waals surface area contributed by atoms with Crippen molar-refractivity contribution in [3.05, 3.63) is 29.8 Å². The summed E-state index contributed by atoms with van der Waals surface area (Å²) >= 11 is 0. The number of nitrogens with one attached hydrogen (secondary N) is 1. The Hall–Kier alpha value is -1.02. The molecule has 0 atom stereocenters. The maximum atomic E-state index is 3.17. The molecule has 0 aliphatic heterocycles. The lowest BCUT2D eigenvalue weighted by atomic mass is 10.1. The van der Waals surface area contributed by atoms with E-state index in [0.29, 0.717) is 0 Å². The highest BCUT2D eigenvalue weighted by molar-refractivity contribution is 5.46. The smallest absolute Gasteiger partial charge is 0.0363 e. The van der Waals surface area contributed by atoms with E-state index in [0.717, 1.165) is 19.5 Å². The van der Waals surface area contributed by atoms with Crippen molar-refractivity contribution < 1.29 is 0 Å². The summed E-state index contributed by atoms with van der Waals surface area (Å²) in [4.78, 5) is 2.30. The molecular weight excluding hydrogens is 184 g/mol. The predicted octanol–water partition coefficient (Wildman–Crippen LogP) is 2.29. The molecule has 0 radical (unpaired) electrons. The van der Waals surface area contributed by atoms with Gasteiger partial charge in [0.15, 0.2) is 0 Å². The fraction of sp³-hybridized carbons (Fsp3) is 0.538. The van der Waals surface area contributed by atoms with E-state index >= 15 is 0 Å². The minimum atomic E-state index is 1.08. The normalized spacial score (nSPS) is 10.3. The van der Waals surface area contributed by atoms with Gasteiger partial charge < -0.3 is 10.2 Å². The Morgan fingerprint density at radius 2 is 1.87 bits per heavy atom. The number of hydrogen-bond donors (Lipinski definition) is 1. The molecule has 2 heteroatoms. The quantitative estimate of drug-likeness (QED) is 0.718. The van der Waals surface area contributed by atoms with Gasteiger partial charge in [0.1, 0.15) is 0 Å². The van der Waals surface area contributed by atoms with Crippen LogP contribution in [-0.2, 0) is 6.42 Å². The molecule has 1 aromatic carbocycles. The van der Waals surface area contributed by atoms with Gasteiger partial charge in [-0.1, -0.05) is 19.1 Å². The molecule has 0 amide bonds. The summed E-state index contributed by atoms with van der Waals surface area (Å²) in [6, 6.07) is 8.84. The molecule has 0 saturated carbocycles. The fourth-order valence-electron chi connectivity index (χ4n) is 1.61. The van der Waals surface area contributed by atoms with Gasteiger partial charge >= 0.3 is 0 Å². The SMILES string of the molecule is CCc1ccc(N(C)CCCNC)cc1. The zero-order chi connectivity index (χ0) is 11.1. The van der Waals surface area contributed by atoms with E-state index in [4.69, 9.17) is 0 Å². The molecule has 2 nitrogen and oxygen atoms in total. The Kier molecular flexibility index (Phi) is 5.19. The molecule has 15 heavy (non-hydrogen) atoms. The van der Waals surface area contributed by atoms with Crippen LogP contribution in [0.5, 0.6) is 0 Å². The van der Waals surface area contributed by atoms with Crippen LogP contribution < -0.4 is 10.2 Å². The highest BCUT2D eigenvalue weighted by Crippen LogP contribution is 2.14. The number of aryl methyl sites for hydroxylation is 1. The van der Waals surface area contributed by atoms with E-state index in [9.17, 15) is 0 Å². The number of nitrogens with zero attached hydrogens (tertiary/aromatic N) is 1. The number of anilines is 1. The maximum absolute atomic E-state index is 3.17. The zero-order valence-corrected chi connectivity index (χ0v) is 10.1. The van der Waals surface area contributed by atoms with Gasteiger partial charge in [-0.25, -0.2) is 0 Å². The van der Waals surface area contributed by atoms with Crippen LogP contribution in [0.25, 0.3) is 0 Å². The Morgan fingerprint density at radius 1 is 1.20 bits per heavy atom. The standard InChI is InChI=1S/C13H22N2/c1-4-12-6-8-13(9-7-12)15(3)11-5-10-14-2/h6-9,14H,4-5,10-11H2,1-3H3. The van der Waals surface area contributed by atoms with Crippen LogP contribution in [0.3, 0.4) is 0 Å². The second kappa shape index (κ2) is 6.46. The lowest BCUT2D eigenvalue weighted by Crippen LogP contribution is -2.22. The molecule has 84 valence electrons. The van der Waals surface area contributed by atoms with Crippen LogP contribution in [0.4, 0.5) is 5.69 Å². The summed E-state index contributed by atoms with van der Waals surface area (Å²) in [5.74, 6) is 0. The van der Waals surface area contributed by atoms with E-state index in [1.807, 2.05) is 7.05 Å². The first-order chi connectivity index (χ1) is 7.27. The van der Waals surface area contributed by atoms with Crippen molar-refractivity contribution in [2.24, 2.45) is 0 Å². The molecule has 1 N–H and O–H groups in total. The van der Waals surface area contributed by atoms with Crippen molar-refractivity contribution >= 4 is 5.69 Å². The van der Waals surface area contributed by atoms with Gasteiger partial charge in [0, 0.05) is 19.3 Å². The van der Waals surface area contributed by atoms with Gasteiger partial charge in [-0.2, -0.15) is 0 Å². The third-order valence-electron chi connectivity index (χ3n) is 2.71. The molecule has 1 aromatic rings. The summed E-state index contributed by atoms with van der Waals surface area (Å²) in [5, 5.41) is 3.17. The monoisotopic (exact) mass is 206 g/mol. The number of rotatable bonds is 6. The molecule has 0 saturated heterocycles. The summed E-state index contributed by atoms with van der Waals surface area (Å²) < 4.78 is 0. The van der Waals surface area contributed by atoms with Crippen molar-refractivity contribution in [2.45, 2.75) is 19.8 Å². The van der Waals surface area contributed by atoms with Crippen molar-refractivity contribution in [1.29, 1.82) is 0 Å². The van der Waals surface area contributed by atoms with E-state index in [-0.39, 0.29) is 0 Å². The van der Waals surface area contributed by atoms with Crippen molar-refractivity contribution in [1.82, 2.24) is 5.32 Å². The van der Waals surface area contributed by atoms with Crippen molar-refractivity contribution in [2.75, 3.05) is 32.1 Å². The third-order valence-corrected chi connectivity index (χ3v) is 2.71. The Bertz CT molecular complexity index is 266. The maximum Gasteiger partial charge on any atom is 0.0363 e. The summed E-state index contributed by atoms with van der Waals surface area (Å²) in [5.41, 5.74) is 2.71.